The van der Waals surface area contributed by atoms with Gasteiger partial charge in [-0.3, -0.25) is 0 Å². The fourth-order valence-corrected chi connectivity index (χ4v) is 3.31. The largest absolute Gasteiger partial charge is 0.348 e. The van der Waals surface area contributed by atoms with E-state index in [1.54, 1.807) is 0 Å². The highest BCUT2D eigenvalue weighted by molar-refractivity contribution is 7.15. The summed E-state index contributed by atoms with van der Waals surface area (Å²) < 4.78 is 0. The number of hydrogen-bond acceptors (Lipinski definition) is 4. The monoisotopic (exact) mass is 283 g/mol. The molecule has 0 aromatic carbocycles. The lowest BCUT2D eigenvalue weighted by atomic mass is 10.3. The van der Waals surface area contributed by atoms with E-state index in [0.29, 0.717) is 0 Å². The first kappa shape index (κ1) is 16.4. The lowest BCUT2D eigenvalue weighted by molar-refractivity contribution is 0.676. The number of aryl methyl sites for hydroxylation is 1. The van der Waals surface area contributed by atoms with Gasteiger partial charge in [0.15, 0.2) is 5.13 Å². The summed E-state index contributed by atoms with van der Waals surface area (Å²) in [6.07, 6.45) is 4.59. The fourth-order valence-electron chi connectivity index (χ4n) is 2.14. The van der Waals surface area contributed by atoms with Gasteiger partial charge in [0.1, 0.15) is 0 Å². The molecule has 110 valence electrons. The van der Waals surface area contributed by atoms with E-state index >= 15 is 0 Å². The third-order valence-electron chi connectivity index (χ3n) is 3.07. The average molecular weight is 283 g/mol. The smallest absolute Gasteiger partial charge is 0.185 e. The first-order valence-corrected chi connectivity index (χ1v) is 8.52. The van der Waals surface area contributed by atoms with Gasteiger partial charge in [0, 0.05) is 24.5 Å². The van der Waals surface area contributed by atoms with Gasteiger partial charge in [-0.25, -0.2) is 4.98 Å². The molecule has 4 heteroatoms. The molecule has 3 nitrogen and oxygen atoms in total. The molecule has 0 spiro atoms. The van der Waals surface area contributed by atoms with E-state index < -0.39 is 0 Å². The van der Waals surface area contributed by atoms with Gasteiger partial charge in [-0.05, 0) is 32.2 Å². The highest BCUT2D eigenvalue weighted by Crippen LogP contribution is 2.27. The van der Waals surface area contributed by atoms with Crippen LogP contribution in [0.15, 0.2) is 0 Å². The van der Waals surface area contributed by atoms with Crippen molar-refractivity contribution in [2.75, 3.05) is 24.5 Å². The topological polar surface area (TPSA) is 28.2 Å². The van der Waals surface area contributed by atoms with Crippen LogP contribution in [-0.2, 0) is 13.0 Å². The molecule has 1 N–H and O–H groups in total. The van der Waals surface area contributed by atoms with Crippen LogP contribution >= 0.6 is 11.3 Å². The van der Waals surface area contributed by atoms with Crippen molar-refractivity contribution in [2.45, 2.75) is 59.9 Å². The zero-order valence-corrected chi connectivity index (χ0v) is 13.8. The number of anilines is 1. The SMILES string of the molecule is CCCNCc1sc(N(CCC)CCC)nc1CC. The maximum absolute atomic E-state index is 4.85. The zero-order chi connectivity index (χ0) is 14.1. The van der Waals surface area contributed by atoms with Gasteiger partial charge >= 0.3 is 0 Å². The van der Waals surface area contributed by atoms with Crippen LogP contribution in [0.2, 0.25) is 0 Å². The Morgan fingerprint density at radius 3 is 2.26 bits per heavy atom. The quantitative estimate of drug-likeness (QED) is 0.661. The van der Waals surface area contributed by atoms with Crippen molar-refractivity contribution in [1.82, 2.24) is 10.3 Å². The predicted molar refractivity (Wildman–Crippen MR) is 86.3 cm³/mol. The molecule has 0 atom stereocenters. The van der Waals surface area contributed by atoms with Gasteiger partial charge in [0.05, 0.1) is 5.69 Å². The summed E-state index contributed by atoms with van der Waals surface area (Å²) in [5, 5.41) is 4.71. The van der Waals surface area contributed by atoms with Crippen molar-refractivity contribution in [2.24, 2.45) is 0 Å². The van der Waals surface area contributed by atoms with E-state index in [1.807, 2.05) is 11.3 Å². The number of rotatable bonds is 10. The van der Waals surface area contributed by atoms with Crippen molar-refractivity contribution in [3.63, 3.8) is 0 Å². The molecule has 0 aliphatic carbocycles. The molecule has 0 radical (unpaired) electrons. The van der Waals surface area contributed by atoms with Crippen LogP contribution in [0, 0.1) is 0 Å². The lowest BCUT2D eigenvalue weighted by Gasteiger charge is -2.20. The molecule has 1 aromatic heterocycles. The molecule has 0 aliphatic rings. The molecule has 0 unspecified atom stereocenters. The van der Waals surface area contributed by atoms with Crippen molar-refractivity contribution >= 4 is 16.5 Å². The summed E-state index contributed by atoms with van der Waals surface area (Å²) in [6, 6.07) is 0. The highest BCUT2D eigenvalue weighted by Gasteiger charge is 2.14. The van der Waals surface area contributed by atoms with E-state index in [-0.39, 0.29) is 0 Å². The first-order chi connectivity index (χ1) is 9.26. The molecule has 1 rings (SSSR count). The van der Waals surface area contributed by atoms with Crippen LogP contribution in [0.1, 0.15) is 57.5 Å². The van der Waals surface area contributed by atoms with Crippen molar-refractivity contribution in [3.05, 3.63) is 10.6 Å². The molecule has 19 heavy (non-hydrogen) atoms. The molecule has 0 amide bonds. The Hall–Kier alpha value is -0.610. The van der Waals surface area contributed by atoms with Gasteiger partial charge in [-0.2, -0.15) is 0 Å². The Kier molecular flexibility index (Phi) is 8.07. The van der Waals surface area contributed by atoms with Crippen LogP contribution in [0.3, 0.4) is 0 Å². The highest BCUT2D eigenvalue weighted by atomic mass is 32.1. The van der Waals surface area contributed by atoms with Crippen LogP contribution < -0.4 is 10.2 Å². The van der Waals surface area contributed by atoms with Gasteiger partial charge in [-0.1, -0.05) is 27.7 Å². The van der Waals surface area contributed by atoms with Crippen molar-refractivity contribution < 1.29 is 0 Å². The summed E-state index contributed by atoms with van der Waals surface area (Å²) in [5.74, 6) is 0. The Balaban J connectivity index is 2.77. The third-order valence-corrected chi connectivity index (χ3v) is 4.23. The zero-order valence-electron chi connectivity index (χ0n) is 13.0. The van der Waals surface area contributed by atoms with E-state index in [0.717, 1.165) is 32.6 Å². The molecule has 1 aromatic rings. The van der Waals surface area contributed by atoms with Crippen molar-refractivity contribution in [1.29, 1.82) is 0 Å². The Morgan fingerprint density at radius 1 is 1.05 bits per heavy atom. The van der Waals surface area contributed by atoms with E-state index in [4.69, 9.17) is 4.98 Å². The molecule has 0 bridgehead atoms. The number of aromatic nitrogens is 1. The second-order valence-electron chi connectivity index (χ2n) is 4.88. The summed E-state index contributed by atoms with van der Waals surface area (Å²) >= 11 is 1.87. The maximum atomic E-state index is 4.85. The van der Waals surface area contributed by atoms with Crippen LogP contribution in [0.5, 0.6) is 0 Å². The fraction of sp³-hybridized carbons (Fsp3) is 0.800. The van der Waals surface area contributed by atoms with E-state index in [2.05, 4.69) is 37.9 Å². The minimum Gasteiger partial charge on any atom is -0.348 e. The van der Waals surface area contributed by atoms with Gasteiger partial charge in [0.25, 0.3) is 0 Å². The second kappa shape index (κ2) is 9.32. The van der Waals surface area contributed by atoms with Crippen LogP contribution in [0.4, 0.5) is 5.13 Å². The molecule has 0 fully saturated rings. The number of nitrogens with one attached hydrogen (secondary N) is 1. The number of hydrogen-bond donors (Lipinski definition) is 1. The predicted octanol–water partition coefficient (Wildman–Crippen LogP) is 3.83. The van der Waals surface area contributed by atoms with Crippen LogP contribution in [0.25, 0.3) is 0 Å². The first-order valence-electron chi connectivity index (χ1n) is 7.70. The Bertz CT molecular complexity index is 343. The number of thiazole rings is 1. The third kappa shape index (κ3) is 5.11. The average Bonchev–Trinajstić information content (AvgIpc) is 2.82. The van der Waals surface area contributed by atoms with Gasteiger partial charge in [0.2, 0.25) is 0 Å². The minimum absolute atomic E-state index is 0.973. The maximum Gasteiger partial charge on any atom is 0.185 e. The summed E-state index contributed by atoms with van der Waals surface area (Å²) in [4.78, 5) is 8.71. The van der Waals surface area contributed by atoms with Gasteiger partial charge < -0.3 is 10.2 Å². The Labute approximate surface area is 122 Å². The van der Waals surface area contributed by atoms with E-state index in [9.17, 15) is 0 Å². The summed E-state index contributed by atoms with van der Waals surface area (Å²) in [5.41, 5.74) is 1.28. The van der Waals surface area contributed by atoms with Crippen LogP contribution in [-0.4, -0.2) is 24.6 Å². The summed E-state index contributed by atoms with van der Waals surface area (Å²) in [7, 11) is 0. The standard InChI is InChI=1S/C15H29N3S/c1-5-9-16-12-14-13(8-4)17-15(19-14)18(10-6-2)11-7-3/h16H,5-12H2,1-4H3. The Morgan fingerprint density at radius 2 is 1.74 bits per heavy atom. The molecule has 0 saturated heterocycles. The lowest BCUT2D eigenvalue weighted by Crippen LogP contribution is -2.24. The number of nitrogens with zero attached hydrogens (tertiary/aromatic N) is 2. The molecule has 1 heterocycles. The summed E-state index contributed by atoms with van der Waals surface area (Å²) in [6.45, 7) is 13.2. The molecular weight excluding hydrogens is 254 g/mol. The molecule has 0 aliphatic heterocycles. The molecule has 0 saturated carbocycles. The second-order valence-corrected chi connectivity index (χ2v) is 5.95. The minimum atomic E-state index is 0.973. The van der Waals surface area contributed by atoms with E-state index in [1.165, 1.54) is 35.0 Å². The molecular formula is C15H29N3S. The normalized spacial score (nSPS) is 10.9. The van der Waals surface area contributed by atoms with Crippen molar-refractivity contribution in [3.8, 4) is 0 Å². The van der Waals surface area contributed by atoms with Gasteiger partial charge in [-0.15, -0.1) is 11.3 Å².